The molecular formula is C13H18F3N3O2. The second-order valence-corrected chi connectivity index (χ2v) is 4.89. The first-order chi connectivity index (χ1) is 9.69. The fourth-order valence-corrected chi connectivity index (χ4v) is 1.40. The van der Waals surface area contributed by atoms with E-state index in [9.17, 15) is 18.0 Å². The van der Waals surface area contributed by atoms with E-state index < -0.39 is 18.8 Å². The molecule has 0 spiro atoms. The molecule has 0 aliphatic heterocycles. The van der Waals surface area contributed by atoms with Gasteiger partial charge in [-0.25, -0.2) is 4.98 Å². The largest absolute Gasteiger partial charge is 0.468 e. The van der Waals surface area contributed by atoms with Crippen molar-refractivity contribution in [3.63, 3.8) is 0 Å². The summed E-state index contributed by atoms with van der Waals surface area (Å²) in [5.41, 5.74) is 6.25. The van der Waals surface area contributed by atoms with Gasteiger partial charge in [-0.2, -0.15) is 13.2 Å². The van der Waals surface area contributed by atoms with Crippen LogP contribution in [0.3, 0.4) is 0 Å². The van der Waals surface area contributed by atoms with Gasteiger partial charge >= 0.3 is 6.18 Å². The predicted octanol–water partition coefficient (Wildman–Crippen LogP) is 1.62. The number of hydrogen-bond acceptors (Lipinski definition) is 4. The van der Waals surface area contributed by atoms with Crippen LogP contribution in [-0.2, 0) is 11.3 Å². The van der Waals surface area contributed by atoms with Gasteiger partial charge in [0.15, 0.2) is 6.61 Å². The zero-order chi connectivity index (χ0) is 16.0. The first kappa shape index (κ1) is 17.2. The fraction of sp³-hybridized carbons (Fsp3) is 0.538. The van der Waals surface area contributed by atoms with Gasteiger partial charge in [-0.05, 0) is 17.5 Å². The normalized spacial score (nSPS) is 13.1. The molecule has 0 aliphatic rings. The van der Waals surface area contributed by atoms with Crippen LogP contribution in [0.4, 0.5) is 13.2 Å². The molecule has 5 nitrogen and oxygen atoms in total. The Bertz CT molecular complexity index is 478. The first-order valence-corrected chi connectivity index (χ1v) is 6.37. The van der Waals surface area contributed by atoms with Gasteiger partial charge in [0.2, 0.25) is 11.8 Å². The number of alkyl halides is 3. The first-order valence-electron chi connectivity index (χ1n) is 6.37. The van der Waals surface area contributed by atoms with E-state index in [1.54, 1.807) is 6.07 Å². The summed E-state index contributed by atoms with van der Waals surface area (Å²) in [5, 5.41) is 2.61. The third-order valence-electron chi connectivity index (χ3n) is 2.67. The summed E-state index contributed by atoms with van der Waals surface area (Å²) < 4.78 is 40.6. The summed E-state index contributed by atoms with van der Waals surface area (Å²) in [6.07, 6.45) is -3.11. The number of amides is 1. The molecule has 118 valence electrons. The third kappa shape index (κ3) is 6.44. The predicted molar refractivity (Wildman–Crippen MR) is 70.4 cm³/mol. The molecule has 0 aromatic carbocycles. The molecule has 0 bridgehead atoms. The Balaban J connectivity index is 2.55. The quantitative estimate of drug-likeness (QED) is 0.837. The van der Waals surface area contributed by atoms with Crippen LogP contribution in [0.5, 0.6) is 5.88 Å². The highest BCUT2D eigenvalue weighted by atomic mass is 19.4. The minimum atomic E-state index is -4.42. The van der Waals surface area contributed by atoms with Crippen molar-refractivity contribution in [2.75, 3.05) is 6.61 Å². The van der Waals surface area contributed by atoms with E-state index in [4.69, 9.17) is 5.73 Å². The van der Waals surface area contributed by atoms with Gasteiger partial charge in [-0.3, -0.25) is 4.79 Å². The summed E-state index contributed by atoms with van der Waals surface area (Å²) in [6.45, 7) is 2.37. The molecule has 1 aromatic heterocycles. The number of ether oxygens (including phenoxy) is 1. The van der Waals surface area contributed by atoms with Crippen LogP contribution in [0.15, 0.2) is 18.3 Å². The van der Waals surface area contributed by atoms with Crippen LogP contribution in [-0.4, -0.2) is 29.7 Å². The minimum Gasteiger partial charge on any atom is -0.468 e. The van der Waals surface area contributed by atoms with Crippen LogP contribution < -0.4 is 15.8 Å². The van der Waals surface area contributed by atoms with Crippen LogP contribution in [0.25, 0.3) is 0 Å². The van der Waals surface area contributed by atoms with E-state index in [0.29, 0.717) is 5.56 Å². The molecular weight excluding hydrogens is 287 g/mol. The van der Waals surface area contributed by atoms with Gasteiger partial charge in [-0.15, -0.1) is 0 Å². The van der Waals surface area contributed by atoms with E-state index in [1.807, 2.05) is 13.8 Å². The number of halogens is 3. The zero-order valence-corrected chi connectivity index (χ0v) is 11.8. The van der Waals surface area contributed by atoms with Crippen molar-refractivity contribution in [2.45, 2.75) is 32.6 Å². The van der Waals surface area contributed by atoms with E-state index in [-0.39, 0.29) is 24.2 Å². The molecule has 1 aromatic rings. The Morgan fingerprint density at radius 1 is 1.48 bits per heavy atom. The summed E-state index contributed by atoms with van der Waals surface area (Å²) in [5.74, 6) is -0.472. The third-order valence-corrected chi connectivity index (χ3v) is 2.67. The molecule has 0 saturated heterocycles. The molecule has 1 heterocycles. The van der Waals surface area contributed by atoms with E-state index >= 15 is 0 Å². The van der Waals surface area contributed by atoms with Crippen molar-refractivity contribution in [3.8, 4) is 5.88 Å². The number of nitrogens with zero attached hydrogens (tertiary/aromatic N) is 1. The number of pyridine rings is 1. The average molecular weight is 305 g/mol. The minimum absolute atomic E-state index is 0.00637. The van der Waals surface area contributed by atoms with Crippen molar-refractivity contribution in [3.05, 3.63) is 23.9 Å². The lowest BCUT2D eigenvalue weighted by Crippen LogP contribution is -2.43. The number of nitrogens with one attached hydrogen (secondary N) is 1. The number of rotatable bonds is 6. The zero-order valence-electron chi connectivity index (χ0n) is 11.8. The molecule has 0 radical (unpaired) electrons. The van der Waals surface area contributed by atoms with Crippen molar-refractivity contribution < 1.29 is 22.7 Å². The Kier molecular flexibility index (Phi) is 5.95. The summed E-state index contributed by atoms with van der Waals surface area (Å²) in [4.78, 5) is 15.3. The Labute approximate surface area is 120 Å². The molecule has 0 aliphatic carbocycles. The lowest BCUT2D eigenvalue weighted by atomic mass is 10.1. The number of nitrogens with two attached hydrogens (primary N) is 1. The Morgan fingerprint density at radius 3 is 2.71 bits per heavy atom. The van der Waals surface area contributed by atoms with Gasteiger partial charge in [-0.1, -0.05) is 13.8 Å². The van der Waals surface area contributed by atoms with E-state index in [1.165, 1.54) is 12.3 Å². The summed E-state index contributed by atoms with van der Waals surface area (Å²) in [7, 11) is 0. The second kappa shape index (κ2) is 7.26. The van der Waals surface area contributed by atoms with Crippen LogP contribution in [0, 0.1) is 5.92 Å². The Hall–Kier alpha value is -1.83. The van der Waals surface area contributed by atoms with E-state index in [2.05, 4.69) is 15.0 Å². The van der Waals surface area contributed by atoms with Crippen LogP contribution in [0.2, 0.25) is 0 Å². The maximum Gasteiger partial charge on any atom is 0.422 e. The SMILES string of the molecule is CC(C)[C@H](N)C(=O)NCc1ccnc(OCC(F)(F)F)c1. The molecule has 1 rings (SSSR count). The molecule has 1 amide bonds. The lowest BCUT2D eigenvalue weighted by Gasteiger charge is -2.15. The van der Waals surface area contributed by atoms with Crippen LogP contribution in [0.1, 0.15) is 19.4 Å². The fourth-order valence-electron chi connectivity index (χ4n) is 1.40. The van der Waals surface area contributed by atoms with Gasteiger partial charge in [0, 0.05) is 18.8 Å². The lowest BCUT2D eigenvalue weighted by molar-refractivity contribution is -0.154. The highest BCUT2D eigenvalue weighted by Crippen LogP contribution is 2.17. The van der Waals surface area contributed by atoms with Crippen molar-refractivity contribution >= 4 is 5.91 Å². The second-order valence-electron chi connectivity index (χ2n) is 4.89. The monoisotopic (exact) mass is 305 g/mol. The number of aromatic nitrogens is 1. The summed E-state index contributed by atoms with van der Waals surface area (Å²) >= 11 is 0. The Morgan fingerprint density at radius 2 is 2.14 bits per heavy atom. The van der Waals surface area contributed by atoms with Crippen molar-refractivity contribution in [1.82, 2.24) is 10.3 Å². The molecule has 1 atom stereocenters. The van der Waals surface area contributed by atoms with E-state index in [0.717, 1.165) is 0 Å². The smallest absolute Gasteiger partial charge is 0.422 e. The molecule has 3 N–H and O–H groups in total. The van der Waals surface area contributed by atoms with Crippen LogP contribution >= 0.6 is 0 Å². The molecule has 21 heavy (non-hydrogen) atoms. The highest BCUT2D eigenvalue weighted by molar-refractivity contribution is 5.81. The topological polar surface area (TPSA) is 77.2 Å². The van der Waals surface area contributed by atoms with Gasteiger partial charge in [0.25, 0.3) is 0 Å². The average Bonchev–Trinajstić information content (AvgIpc) is 2.41. The molecule has 0 fully saturated rings. The highest BCUT2D eigenvalue weighted by Gasteiger charge is 2.28. The van der Waals surface area contributed by atoms with Gasteiger partial charge < -0.3 is 15.8 Å². The van der Waals surface area contributed by atoms with Gasteiger partial charge in [0.05, 0.1) is 6.04 Å². The van der Waals surface area contributed by atoms with Crippen molar-refractivity contribution in [1.29, 1.82) is 0 Å². The molecule has 0 unspecified atom stereocenters. The number of carbonyl (C=O) groups is 1. The molecule has 0 saturated carbocycles. The van der Waals surface area contributed by atoms with Gasteiger partial charge in [0.1, 0.15) is 0 Å². The number of carbonyl (C=O) groups excluding carboxylic acids is 1. The number of hydrogen-bond donors (Lipinski definition) is 2. The molecule has 8 heteroatoms. The van der Waals surface area contributed by atoms with Crippen molar-refractivity contribution in [2.24, 2.45) is 11.7 Å². The maximum absolute atomic E-state index is 12.0. The maximum atomic E-state index is 12.0. The standard InChI is InChI=1S/C13H18F3N3O2/c1-8(2)11(17)12(20)19-6-9-3-4-18-10(5-9)21-7-13(14,15)16/h3-5,8,11H,6-7,17H2,1-2H3,(H,19,20)/t11-/m0/s1. The summed E-state index contributed by atoms with van der Waals surface area (Å²) in [6, 6.07) is 2.28.